The van der Waals surface area contributed by atoms with E-state index in [1.165, 1.54) is 22.3 Å². The predicted molar refractivity (Wildman–Crippen MR) is 85.6 cm³/mol. The second-order valence-electron chi connectivity index (χ2n) is 4.25. The molecule has 0 saturated carbocycles. The first-order chi connectivity index (χ1) is 9.17. The minimum atomic E-state index is -0.316. The van der Waals surface area contributed by atoms with Crippen molar-refractivity contribution in [2.45, 2.75) is 26.3 Å². The first-order valence-corrected chi connectivity index (χ1v) is 7.48. The van der Waals surface area contributed by atoms with Crippen LogP contribution in [0.15, 0.2) is 36.5 Å². The second kappa shape index (κ2) is 8.96. The smallest absolute Gasteiger partial charge is 0.331 e. The lowest BCUT2D eigenvalue weighted by atomic mass is 10.2. The van der Waals surface area contributed by atoms with Gasteiger partial charge in [-0.1, -0.05) is 31.5 Å². The molecule has 0 saturated heterocycles. The van der Waals surface area contributed by atoms with E-state index in [4.69, 9.17) is 0 Å². The molecule has 3 nitrogen and oxygen atoms in total. The summed E-state index contributed by atoms with van der Waals surface area (Å²) in [4.78, 5) is 13.3. The van der Waals surface area contributed by atoms with Crippen molar-refractivity contribution in [1.82, 2.24) is 4.90 Å². The van der Waals surface area contributed by atoms with E-state index in [0.717, 1.165) is 25.9 Å². The summed E-state index contributed by atoms with van der Waals surface area (Å²) in [7, 11) is 1.39. The molecule has 0 atom stereocenters. The monoisotopic (exact) mass is 373 g/mol. The van der Waals surface area contributed by atoms with Crippen LogP contribution >= 0.6 is 22.6 Å². The Morgan fingerprint density at radius 2 is 2.16 bits per heavy atom. The minimum absolute atomic E-state index is 0.316. The minimum Gasteiger partial charge on any atom is -0.466 e. The van der Waals surface area contributed by atoms with Gasteiger partial charge in [0.25, 0.3) is 0 Å². The van der Waals surface area contributed by atoms with Crippen LogP contribution < -0.4 is 0 Å². The van der Waals surface area contributed by atoms with Gasteiger partial charge in [-0.3, -0.25) is 0 Å². The Labute approximate surface area is 128 Å². The topological polar surface area (TPSA) is 29.5 Å². The van der Waals surface area contributed by atoms with Crippen molar-refractivity contribution in [3.8, 4) is 0 Å². The lowest BCUT2D eigenvalue weighted by Crippen LogP contribution is -2.19. The molecule has 4 heteroatoms. The maximum absolute atomic E-state index is 11.2. The molecule has 0 amide bonds. The lowest BCUT2D eigenvalue weighted by Gasteiger charge is -2.20. The molecule has 1 rings (SSSR count). The second-order valence-corrected chi connectivity index (χ2v) is 5.42. The van der Waals surface area contributed by atoms with E-state index in [1.807, 2.05) is 18.3 Å². The standard InChI is InChI=1S/C15H20INO2/c1-3-4-10-17(11-9-15(18)19-2)12-13-7-5-6-8-14(13)16/h5-9,11H,3-4,10,12H2,1-2H3/b11-9+. The third-order valence-corrected chi connectivity index (χ3v) is 3.81. The van der Waals surface area contributed by atoms with Crippen molar-refractivity contribution in [3.05, 3.63) is 45.7 Å². The van der Waals surface area contributed by atoms with Crippen LogP contribution in [0, 0.1) is 3.57 Å². The van der Waals surface area contributed by atoms with Crippen LogP contribution in [0.2, 0.25) is 0 Å². The number of esters is 1. The number of benzene rings is 1. The zero-order valence-corrected chi connectivity index (χ0v) is 13.6. The number of hydrogen-bond donors (Lipinski definition) is 0. The summed E-state index contributed by atoms with van der Waals surface area (Å²) >= 11 is 2.34. The summed E-state index contributed by atoms with van der Waals surface area (Å²) in [6.07, 6.45) is 5.54. The van der Waals surface area contributed by atoms with Crippen LogP contribution in [0.25, 0.3) is 0 Å². The van der Waals surface area contributed by atoms with Crippen molar-refractivity contribution < 1.29 is 9.53 Å². The summed E-state index contributed by atoms with van der Waals surface area (Å²) in [6.45, 7) is 3.91. The molecule has 0 aromatic heterocycles. The fourth-order valence-corrected chi connectivity index (χ4v) is 2.21. The number of halogens is 1. The molecule has 0 unspecified atom stereocenters. The Hall–Kier alpha value is -1.04. The third-order valence-electron chi connectivity index (χ3n) is 2.75. The van der Waals surface area contributed by atoms with Crippen LogP contribution in [-0.4, -0.2) is 24.5 Å². The van der Waals surface area contributed by atoms with E-state index in [2.05, 4.69) is 51.3 Å². The number of methoxy groups -OCH3 is 1. The van der Waals surface area contributed by atoms with Gasteiger partial charge in [0.1, 0.15) is 0 Å². The molecule has 0 fully saturated rings. The molecule has 0 heterocycles. The molecule has 1 aromatic rings. The van der Waals surface area contributed by atoms with Crippen molar-refractivity contribution in [2.75, 3.05) is 13.7 Å². The normalized spacial score (nSPS) is 10.7. The molecule has 1 aromatic carbocycles. The van der Waals surface area contributed by atoms with E-state index < -0.39 is 0 Å². The van der Waals surface area contributed by atoms with Crippen LogP contribution in [0.5, 0.6) is 0 Å². The number of nitrogens with zero attached hydrogens (tertiary/aromatic N) is 1. The Bertz CT molecular complexity index is 432. The van der Waals surface area contributed by atoms with Crippen molar-refractivity contribution in [3.63, 3.8) is 0 Å². The van der Waals surface area contributed by atoms with Crippen LogP contribution in [0.3, 0.4) is 0 Å². The van der Waals surface area contributed by atoms with Gasteiger partial charge in [0.15, 0.2) is 0 Å². The van der Waals surface area contributed by atoms with E-state index in [1.54, 1.807) is 0 Å². The number of ether oxygens (including phenoxy) is 1. The van der Waals surface area contributed by atoms with Crippen molar-refractivity contribution in [1.29, 1.82) is 0 Å². The van der Waals surface area contributed by atoms with Crippen LogP contribution in [0.1, 0.15) is 25.3 Å². The number of unbranched alkanes of at least 4 members (excludes halogenated alkanes) is 1. The van der Waals surface area contributed by atoms with Gasteiger partial charge in [-0.15, -0.1) is 0 Å². The molecule has 0 aliphatic heterocycles. The van der Waals surface area contributed by atoms with Gasteiger partial charge in [-0.25, -0.2) is 4.79 Å². The molecule has 19 heavy (non-hydrogen) atoms. The maximum atomic E-state index is 11.2. The molecule has 0 bridgehead atoms. The van der Waals surface area contributed by atoms with Crippen molar-refractivity contribution >= 4 is 28.6 Å². The average molecular weight is 373 g/mol. The predicted octanol–water partition coefficient (Wildman–Crippen LogP) is 3.58. The van der Waals surface area contributed by atoms with Crippen LogP contribution in [0.4, 0.5) is 0 Å². The van der Waals surface area contributed by atoms with Gasteiger partial charge in [-0.05, 0) is 40.6 Å². The van der Waals surface area contributed by atoms with Gasteiger partial charge in [0.05, 0.1) is 7.11 Å². The summed E-state index contributed by atoms with van der Waals surface area (Å²) < 4.78 is 5.87. The molecule has 0 spiro atoms. The number of carbonyl (C=O) groups excluding carboxylic acids is 1. The summed E-state index contributed by atoms with van der Waals surface area (Å²) in [5.74, 6) is -0.316. The van der Waals surface area contributed by atoms with E-state index in [9.17, 15) is 4.79 Å². The van der Waals surface area contributed by atoms with Gasteiger partial charge >= 0.3 is 5.97 Å². The molecule has 0 aliphatic carbocycles. The fourth-order valence-electron chi connectivity index (χ4n) is 1.65. The van der Waals surface area contributed by atoms with Crippen molar-refractivity contribution in [2.24, 2.45) is 0 Å². The molecule has 0 N–H and O–H groups in total. The van der Waals surface area contributed by atoms with E-state index >= 15 is 0 Å². The van der Waals surface area contributed by atoms with Crippen LogP contribution in [-0.2, 0) is 16.1 Å². The fraction of sp³-hybridized carbons (Fsp3) is 0.400. The van der Waals surface area contributed by atoms with Gasteiger partial charge in [0.2, 0.25) is 0 Å². The van der Waals surface area contributed by atoms with Gasteiger partial charge in [-0.2, -0.15) is 0 Å². The zero-order chi connectivity index (χ0) is 14.1. The quantitative estimate of drug-likeness (QED) is 0.416. The highest BCUT2D eigenvalue weighted by molar-refractivity contribution is 14.1. The lowest BCUT2D eigenvalue weighted by molar-refractivity contribution is -0.134. The highest BCUT2D eigenvalue weighted by atomic mass is 127. The number of rotatable bonds is 7. The Balaban J connectivity index is 2.71. The molecular weight excluding hydrogens is 353 g/mol. The zero-order valence-electron chi connectivity index (χ0n) is 11.4. The largest absolute Gasteiger partial charge is 0.466 e. The molecule has 0 aliphatic rings. The Morgan fingerprint density at radius 1 is 1.42 bits per heavy atom. The van der Waals surface area contributed by atoms with Gasteiger partial charge in [0, 0.05) is 28.9 Å². The number of carbonyl (C=O) groups is 1. The summed E-state index contributed by atoms with van der Waals surface area (Å²) in [6, 6.07) is 8.29. The highest BCUT2D eigenvalue weighted by Crippen LogP contribution is 2.14. The van der Waals surface area contributed by atoms with E-state index in [0.29, 0.717) is 0 Å². The molecule has 104 valence electrons. The maximum Gasteiger partial charge on any atom is 0.331 e. The van der Waals surface area contributed by atoms with E-state index in [-0.39, 0.29) is 5.97 Å². The Morgan fingerprint density at radius 3 is 2.79 bits per heavy atom. The summed E-state index contributed by atoms with van der Waals surface area (Å²) in [5.41, 5.74) is 1.27. The van der Waals surface area contributed by atoms with Gasteiger partial charge < -0.3 is 9.64 Å². The first kappa shape index (κ1) is 16.0. The molecule has 0 radical (unpaired) electrons. The highest BCUT2D eigenvalue weighted by Gasteiger charge is 2.04. The number of hydrogen-bond acceptors (Lipinski definition) is 3. The Kier molecular flexibility index (Phi) is 7.55. The third kappa shape index (κ3) is 6.09. The molecular formula is C15H20INO2. The first-order valence-electron chi connectivity index (χ1n) is 6.41. The SMILES string of the molecule is CCCCN(/C=C/C(=O)OC)Cc1ccccc1I. The summed E-state index contributed by atoms with van der Waals surface area (Å²) in [5, 5.41) is 0. The average Bonchev–Trinajstić information content (AvgIpc) is 2.43.